The minimum atomic E-state index is -3.85. The first-order valence-corrected chi connectivity index (χ1v) is 7.62. The minimum Gasteiger partial charge on any atom is -0.381 e. The highest BCUT2D eigenvalue weighted by molar-refractivity contribution is 7.89. The highest BCUT2D eigenvalue weighted by atomic mass is 32.2. The van der Waals surface area contributed by atoms with Crippen LogP contribution in [0, 0.1) is 0 Å². The molecule has 0 saturated heterocycles. The van der Waals surface area contributed by atoms with Crippen LogP contribution >= 0.6 is 0 Å². The van der Waals surface area contributed by atoms with Crippen LogP contribution in [0.2, 0.25) is 0 Å². The Bertz CT molecular complexity index is 559. The molecule has 0 fully saturated rings. The molecule has 0 radical (unpaired) electrons. The second kappa shape index (κ2) is 6.23. The number of hydrogen-bond donors (Lipinski definition) is 1. The molecule has 1 rings (SSSR count). The maximum absolute atomic E-state index is 12.6. The maximum Gasteiger partial charge on any atom is 0.262 e. The van der Waals surface area contributed by atoms with Crippen molar-refractivity contribution in [2.24, 2.45) is 7.05 Å². The van der Waals surface area contributed by atoms with Crippen LogP contribution in [-0.4, -0.2) is 60.3 Å². The van der Waals surface area contributed by atoms with Gasteiger partial charge in [0.25, 0.3) is 10.0 Å². The summed E-state index contributed by atoms with van der Waals surface area (Å²) in [6, 6.07) is 0. The lowest BCUT2D eigenvalue weighted by molar-refractivity contribution is -0.128. The van der Waals surface area contributed by atoms with E-state index >= 15 is 0 Å². The van der Waals surface area contributed by atoms with Crippen LogP contribution < -0.4 is 5.73 Å². The summed E-state index contributed by atoms with van der Waals surface area (Å²) < 4.78 is 27.7. The molecule has 0 aliphatic heterocycles. The molecular formula is C11H21N5O3S. The lowest BCUT2D eigenvalue weighted by Gasteiger charge is -2.23. The van der Waals surface area contributed by atoms with E-state index < -0.39 is 10.0 Å². The molecule has 0 atom stereocenters. The highest BCUT2D eigenvalue weighted by Gasteiger charge is 2.31. The molecule has 9 heteroatoms. The van der Waals surface area contributed by atoms with Crippen LogP contribution in [0.1, 0.15) is 13.3 Å². The first kappa shape index (κ1) is 16.4. The van der Waals surface area contributed by atoms with Gasteiger partial charge in [-0.15, -0.1) is 0 Å². The lowest BCUT2D eigenvalue weighted by Crippen LogP contribution is -2.41. The zero-order valence-corrected chi connectivity index (χ0v) is 13.0. The fraction of sp³-hybridized carbons (Fsp3) is 0.636. The van der Waals surface area contributed by atoms with E-state index in [0.717, 1.165) is 4.31 Å². The Morgan fingerprint density at radius 1 is 1.45 bits per heavy atom. The Morgan fingerprint density at radius 2 is 2.05 bits per heavy atom. The molecule has 0 aromatic carbocycles. The molecule has 8 nitrogen and oxygen atoms in total. The molecule has 0 unspecified atom stereocenters. The monoisotopic (exact) mass is 303 g/mol. The van der Waals surface area contributed by atoms with E-state index in [4.69, 9.17) is 5.73 Å². The molecule has 1 amide bonds. The Morgan fingerprint density at radius 3 is 2.45 bits per heavy atom. The Labute approximate surface area is 119 Å². The molecule has 20 heavy (non-hydrogen) atoms. The van der Waals surface area contributed by atoms with Crippen molar-refractivity contribution < 1.29 is 13.2 Å². The van der Waals surface area contributed by atoms with Gasteiger partial charge in [-0.3, -0.25) is 4.79 Å². The predicted octanol–water partition coefficient (Wildman–Crippen LogP) is -0.509. The molecule has 0 spiro atoms. The number of imidazole rings is 1. The maximum atomic E-state index is 12.6. The van der Waals surface area contributed by atoms with E-state index in [1.807, 2.05) is 6.92 Å². The van der Waals surface area contributed by atoms with Gasteiger partial charge in [0.15, 0.2) is 10.8 Å². The Kier molecular flexibility index (Phi) is 5.12. The zero-order valence-electron chi connectivity index (χ0n) is 12.2. The summed E-state index contributed by atoms with van der Waals surface area (Å²) in [5.41, 5.74) is 5.62. The van der Waals surface area contributed by atoms with Gasteiger partial charge < -0.3 is 15.2 Å². The van der Waals surface area contributed by atoms with Crippen LogP contribution in [0.15, 0.2) is 11.4 Å². The number of anilines is 1. The molecule has 0 saturated carbocycles. The summed E-state index contributed by atoms with van der Waals surface area (Å²) in [7, 11) is 0.863. The normalized spacial score (nSPS) is 11.8. The van der Waals surface area contributed by atoms with E-state index in [2.05, 4.69) is 4.98 Å². The van der Waals surface area contributed by atoms with Gasteiger partial charge in [0.1, 0.15) is 0 Å². The van der Waals surface area contributed by atoms with Crippen LogP contribution in [0.3, 0.4) is 0 Å². The molecular weight excluding hydrogens is 282 g/mol. The van der Waals surface area contributed by atoms with Crippen molar-refractivity contribution in [2.45, 2.75) is 18.4 Å². The van der Waals surface area contributed by atoms with E-state index in [1.165, 1.54) is 15.8 Å². The van der Waals surface area contributed by atoms with Crippen molar-refractivity contribution in [1.82, 2.24) is 18.8 Å². The standard InChI is InChI=1S/C11H21N5O3S/c1-5-6-16(7-9(17)14(2)3)20(18,19)11-10(12)13-8-15(11)4/h8H,5-7,12H2,1-4H3. The number of aryl methyl sites for hydroxylation is 1. The van der Waals surface area contributed by atoms with Gasteiger partial charge in [0.2, 0.25) is 5.91 Å². The van der Waals surface area contributed by atoms with E-state index in [1.54, 1.807) is 21.1 Å². The first-order valence-electron chi connectivity index (χ1n) is 6.18. The smallest absolute Gasteiger partial charge is 0.262 e. The van der Waals surface area contributed by atoms with Gasteiger partial charge >= 0.3 is 0 Å². The fourth-order valence-electron chi connectivity index (χ4n) is 1.70. The molecule has 2 N–H and O–H groups in total. The number of amides is 1. The summed E-state index contributed by atoms with van der Waals surface area (Å²) in [4.78, 5) is 16.9. The lowest BCUT2D eigenvalue weighted by atomic mass is 10.4. The fourth-order valence-corrected chi connectivity index (χ4v) is 3.38. The summed E-state index contributed by atoms with van der Waals surface area (Å²) in [5, 5.41) is -0.0856. The Hall–Kier alpha value is -1.61. The number of nitrogen functional groups attached to an aromatic ring is 1. The van der Waals surface area contributed by atoms with Crippen LogP contribution in [0.5, 0.6) is 0 Å². The van der Waals surface area contributed by atoms with Crippen molar-refractivity contribution in [3.8, 4) is 0 Å². The SMILES string of the molecule is CCCN(CC(=O)N(C)C)S(=O)(=O)c1c(N)ncn1C. The van der Waals surface area contributed by atoms with Crippen LogP contribution in [0.4, 0.5) is 5.82 Å². The number of aromatic nitrogens is 2. The van der Waals surface area contributed by atoms with Gasteiger partial charge in [-0.25, -0.2) is 13.4 Å². The second-order valence-electron chi connectivity index (χ2n) is 4.67. The summed E-state index contributed by atoms with van der Waals surface area (Å²) >= 11 is 0. The van der Waals surface area contributed by atoms with E-state index in [-0.39, 0.29) is 29.8 Å². The number of nitrogens with zero attached hydrogens (tertiary/aromatic N) is 4. The van der Waals surface area contributed by atoms with Crippen LogP contribution in [-0.2, 0) is 21.9 Å². The zero-order chi connectivity index (χ0) is 15.5. The number of likely N-dealkylation sites (N-methyl/N-ethyl adjacent to an activating group) is 1. The molecule has 1 aromatic rings. The topological polar surface area (TPSA) is 102 Å². The largest absolute Gasteiger partial charge is 0.381 e. The number of sulfonamides is 1. The third-order valence-corrected chi connectivity index (χ3v) is 4.75. The summed E-state index contributed by atoms with van der Waals surface area (Å²) in [6.07, 6.45) is 1.93. The molecule has 0 aliphatic carbocycles. The number of nitrogens with two attached hydrogens (primary N) is 1. The average Bonchev–Trinajstić information content (AvgIpc) is 2.68. The molecule has 1 heterocycles. The van der Waals surface area contributed by atoms with Gasteiger partial charge in [-0.05, 0) is 6.42 Å². The van der Waals surface area contributed by atoms with Crippen molar-refractivity contribution in [1.29, 1.82) is 0 Å². The van der Waals surface area contributed by atoms with Gasteiger partial charge in [-0.2, -0.15) is 4.31 Å². The number of carbonyl (C=O) groups is 1. The Balaban J connectivity index is 3.16. The quantitative estimate of drug-likeness (QED) is 0.763. The second-order valence-corrected chi connectivity index (χ2v) is 6.53. The van der Waals surface area contributed by atoms with Crippen molar-refractivity contribution >= 4 is 21.7 Å². The van der Waals surface area contributed by atoms with E-state index in [9.17, 15) is 13.2 Å². The average molecular weight is 303 g/mol. The number of carbonyl (C=O) groups excluding carboxylic acids is 1. The van der Waals surface area contributed by atoms with E-state index in [0.29, 0.717) is 6.42 Å². The molecule has 0 bridgehead atoms. The van der Waals surface area contributed by atoms with Gasteiger partial charge in [-0.1, -0.05) is 6.92 Å². The third-order valence-electron chi connectivity index (χ3n) is 2.78. The summed E-state index contributed by atoms with van der Waals surface area (Å²) in [5.74, 6) is -0.353. The highest BCUT2D eigenvalue weighted by Crippen LogP contribution is 2.20. The third kappa shape index (κ3) is 3.28. The first-order chi connectivity index (χ1) is 9.21. The molecule has 114 valence electrons. The molecule has 0 aliphatic rings. The number of hydrogen-bond acceptors (Lipinski definition) is 5. The number of rotatable bonds is 6. The predicted molar refractivity (Wildman–Crippen MR) is 75.4 cm³/mol. The van der Waals surface area contributed by atoms with Gasteiger partial charge in [0.05, 0.1) is 12.9 Å². The van der Waals surface area contributed by atoms with Gasteiger partial charge in [0, 0.05) is 27.7 Å². The van der Waals surface area contributed by atoms with Crippen molar-refractivity contribution in [3.63, 3.8) is 0 Å². The molecule has 1 aromatic heterocycles. The van der Waals surface area contributed by atoms with Crippen molar-refractivity contribution in [3.05, 3.63) is 6.33 Å². The van der Waals surface area contributed by atoms with Crippen LogP contribution in [0.25, 0.3) is 0 Å². The summed E-state index contributed by atoms with van der Waals surface area (Å²) in [6.45, 7) is 1.87. The van der Waals surface area contributed by atoms with Crippen molar-refractivity contribution in [2.75, 3.05) is 32.9 Å². The minimum absolute atomic E-state index is 0.0640.